The van der Waals surface area contributed by atoms with Crippen molar-refractivity contribution in [2.24, 2.45) is 0 Å². The van der Waals surface area contributed by atoms with Crippen molar-refractivity contribution in [3.05, 3.63) is 64.7 Å². The van der Waals surface area contributed by atoms with Gasteiger partial charge in [0.2, 0.25) is 0 Å². The van der Waals surface area contributed by atoms with E-state index in [-0.39, 0.29) is 10.8 Å². The highest BCUT2D eigenvalue weighted by Crippen LogP contribution is 2.46. The van der Waals surface area contributed by atoms with Crippen molar-refractivity contribution in [3.8, 4) is 5.75 Å². The molecule has 0 radical (unpaired) electrons. The van der Waals surface area contributed by atoms with E-state index < -0.39 is 0 Å². The van der Waals surface area contributed by atoms with Crippen LogP contribution >= 0.6 is 0 Å². The van der Waals surface area contributed by atoms with Crippen LogP contribution < -0.4 is 4.74 Å². The predicted octanol–water partition coefficient (Wildman–Crippen LogP) is 6.99. The van der Waals surface area contributed by atoms with Crippen LogP contribution in [0.2, 0.25) is 0 Å². The summed E-state index contributed by atoms with van der Waals surface area (Å²) < 4.78 is 5.53. The highest BCUT2D eigenvalue weighted by molar-refractivity contribution is 5.80. The maximum absolute atomic E-state index is 5.53. The normalized spacial score (nSPS) is 18.3. The number of hydrogen-bond donors (Lipinski definition) is 0. The molecule has 0 atom stereocenters. The lowest BCUT2D eigenvalue weighted by molar-refractivity contribution is 0.332. The molecule has 2 aromatic rings. The minimum Gasteiger partial charge on any atom is -0.494 e. The Morgan fingerprint density at radius 2 is 1.54 bits per heavy atom. The second kappa shape index (κ2) is 6.95. The molecule has 1 aliphatic rings. The average molecular weight is 349 g/mol. The summed E-state index contributed by atoms with van der Waals surface area (Å²) in [4.78, 5) is 0. The number of ether oxygens (including phenoxy) is 1. The number of fused-ring (bicyclic) bond motifs is 1. The van der Waals surface area contributed by atoms with Crippen molar-refractivity contribution in [2.45, 2.75) is 65.2 Å². The molecule has 1 nitrogen and oxygen atoms in total. The van der Waals surface area contributed by atoms with Gasteiger partial charge in [0, 0.05) is 0 Å². The second-order valence-electron chi connectivity index (χ2n) is 8.86. The van der Waals surface area contributed by atoms with E-state index in [4.69, 9.17) is 4.74 Å². The van der Waals surface area contributed by atoms with Crippen LogP contribution in [-0.4, -0.2) is 6.61 Å². The van der Waals surface area contributed by atoms with Gasteiger partial charge in [-0.2, -0.15) is 0 Å². The van der Waals surface area contributed by atoms with E-state index in [1.165, 1.54) is 40.7 Å². The molecule has 3 rings (SSSR count). The Bertz CT molecular complexity index is 807. The first kappa shape index (κ1) is 18.8. The smallest absolute Gasteiger partial charge is 0.119 e. The van der Waals surface area contributed by atoms with Gasteiger partial charge >= 0.3 is 0 Å². The first-order valence-corrected chi connectivity index (χ1v) is 9.79. The monoisotopic (exact) mass is 348 g/mol. The molecule has 138 valence electrons. The quantitative estimate of drug-likeness (QED) is 0.541. The molecule has 0 aliphatic heterocycles. The number of benzene rings is 2. The molecule has 2 aromatic carbocycles. The van der Waals surface area contributed by atoms with E-state index in [1.54, 1.807) is 0 Å². The molecule has 0 fully saturated rings. The van der Waals surface area contributed by atoms with E-state index in [1.807, 2.05) is 19.1 Å². The molecule has 0 bridgehead atoms. The standard InChI is InChI=1S/C25H32O/c1-7-26-21-11-8-19(9-12-21)16-18(2)20-10-13-22-23(17-20)25(5,6)15-14-24(22,3)4/h8-13,16-17H,7,14-15H2,1-6H3. The van der Waals surface area contributed by atoms with Crippen molar-refractivity contribution >= 4 is 11.6 Å². The first-order chi connectivity index (χ1) is 12.2. The Balaban J connectivity index is 1.94. The van der Waals surface area contributed by atoms with Crippen molar-refractivity contribution in [1.29, 1.82) is 0 Å². The van der Waals surface area contributed by atoms with Crippen molar-refractivity contribution < 1.29 is 4.74 Å². The van der Waals surface area contributed by atoms with Gasteiger partial charge < -0.3 is 4.74 Å². The fourth-order valence-corrected chi connectivity index (χ4v) is 3.99. The fourth-order valence-electron chi connectivity index (χ4n) is 3.99. The molecule has 1 heteroatoms. The third kappa shape index (κ3) is 3.72. The zero-order chi connectivity index (χ0) is 18.9. The molecular formula is C25H32O. The summed E-state index contributed by atoms with van der Waals surface area (Å²) in [5.41, 5.74) is 7.40. The average Bonchev–Trinajstić information content (AvgIpc) is 2.61. The van der Waals surface area contributed by atoms with Crippen LogP contribution in [0.1, 0.15) is 76.6 Å². The molecule has 0 N–H and O–H groups in total. The highest BCUT2D eigenvalue weighted by Gasteiger charge is 2.36. The zero-order valence-corrected chi connectivity index (χ0v) is 17.1. The van der Waals surface area contributed by atoms with Crippen molar-refractivity contribution in [1.82, 2.24) is 0 Å². The third-order valence-electron chi connectivity index (χ3n) is 5.88. The highest BCUT2D eigenvalue weighted by atomic mass is 16.5. The van der Waals surface area contributed by atoms with Crippen LogP contribution in [0, 0.1) is 0 Å². The lowest BCUT2D eigenvalue weighted by Gasteiger charge is -2.42. The van der Waals surface area contributed by atoms with Gasteiger partial charge in [-0.25, -0.2) is 0 Å². The summed E-state index contributed by atoms with van der Waals surface area (Å²) in [6, 6.07) is 15.4. The third-order valence-corrected chi connectivity index (χ3v) is 5.88. The minimum absolute atomic E-state index is 0.250. The number of allylic oxidation sites excluding steroid dienone is 1. The molecule has 0 saturated heterocycles. The SMILES string of the molecule is CCOc1ccc(C=C(C)c2ccc3c(c2)C(C)(C)CCC3(C)C)cc1. The Labute approximate surface area is 159 Å². The molecule has 0 saturated carbocycles. The summed E-state index contributed by atoms with van der Waals surface area (Å²) in [6.07, 6.45) is 4.77. The van der Waals surface area contributed by atoms with Crippen LogP contribution in [-0.2, 0) is 10.8 Å². The van der Waals surface area contributed by atoms with Crippen molar-refractivity contribution in [3.63, 3.8) is 0 Å². The zero-order valence-electron chi connectivity index (χ0n) is 17.1. The van der Waals surface area contributed by atoms with E-state index in [0.717, 1.165) is 5.75 Å². The van der Waals surface area contributed by atoms with E-state index >= 15 is 0 Å². The van der Waals surface area contributed by atoms with Gasteiger partial charge in [0.05, 0.1) is 6.61 Å². The Morgan fingerprint density at radius 1 is 0.923 bits per heavy atom. The van der Waals surface area contributed by atoms with Gasteiger partial charge in [-0.3, -0.25) is 0 Å². The Kier molecular flexibility index (Phi) is 5.01. The lowest BCUT2D eigenvalue weighted by atomic mass is 9.63. The van der Waals surface area contributed by atoms with Crippen LogP contribution in [0.3, 0.4) is 0 Å². The molecule has 0 spiro atoms. The van der Waals surface area contributed by atoms with Gasteiger partial charge in [0.25, 0.3) is 0 Å². The van der Waals surface area contributed by atoms with Crippen molar-refractivity contribution in [2.75, 3.05) is 6.61 Å². The van der Waals surface area contributed by atoms with Crippen LogP contribution in [0.15, 0.2) is 42.5 Å². The summed E-state index contributed by atoms with van der Waals surface area (Å²) >= 11 is 0. The Morgan fingerprint density at radius 3 is 2.15 bits per heavy atom. The summed E-state index contributed by atoms with van der Waals surface area (Å²) in [5.74, 6) is 0.931. The van der Waals surface area contributed by atoms with Gasteiger partial charge in [0.15, 0.2) is 0 Å². The number of rotatable bonds is 4. The van der Waals surface area contributed by atoms with Gasteiger partial charge in [-0.1, -0.05) is 64.1 Å². The van der Waals surface area contributed by atoms with E-state index in [2.05, 4.69) is 71.0 Å². The van der Waals surface area contributed by atoms with Gasteiger partial charge in [0.1, 0.15) is 5.75 Å². The predicted molar refractivity (Wildman–Crippen MR) is 113 cm³/mol. The lowest BCUT2D eigenvalue weighted by Crippen LogP contribution is -2.33. The molecule has 0 heterocycles. The largest absolute Gasteiger partial charge is 0.494 e. The Hall–Kier alpha value is -2.02. The maximum atomic E-state index is 5.53. The van der Waals surface area contributed by atoms with Gasteiger partial charge in [-0.15, -0.1) is 0 Å². The van der Waals surface area contributed by atoms with E-state index in [9.17, 15) is 0 Å². The molecule has 26 heavy (non-hydrogen) atoms. The summed E-state index contributed by atoms with van der Waals surface area (Å²) in [5, 5.41) is 0. The summed E-state index contributed by atoms with van der Waals surface area (Å²) in [6.45, 7) is 14.4. The van der Waals surface area contributed by atoms with E-state index in [0.29, 0.717) is 6.61 Å². The molecule has 0 amide bonds. The van der Waals surface area contributed by atoms with Crippen LogP contribution in [0.5, 0.6) is 5.75 Å². The molecular weight excluding hydrogens is 316 g/mol. The van der Waals surface area contributed by atoms with Crippen LogP contribution in [0.4, 0.5) is 0 Å². The molecule has 0 aromatic heterocycles. The fraction of sp³-hybridized carbons (Fsp3) is 0.440. The summed E-state index contributed by atoms with van der Waals surface area (Å²) in [7, 11) is 0. The van der Waals surface area contributed by atoms with Crippen LogP contribution in [0.25, 0.3) is 11.6 Å². The molecule has 0 unspecified atom stereocenters. The topological polar surface area (TPSA) is 9.23 Å². The first-order valence-electron chi connectivity index (χ1n) is 9.79. The maximum Gasteiger partial charge on any atom is 0.119 e. The number of hydrogen-bond acceptors (Lipinski definition) is 1. The molecule has 1 aliphatic carbocycles. The minimum atomic E-state index is 0.250. The second-order valence-corrected chi connectivity index (χ2v) is 8.86. The van der Waals surface area contributed by atoms with Gasteiger partial charge in [-0.05, 0) is 77.5 Å².